The summed E-state index contributed by atoms with van der Waals surface area (Å²) in [7, 11) is 0. The van der Waals surface area contributed by atoms with Crippen molar-refractivity contribution >= 4 is 46.6 Å². The van der Waals surface area contributed by atoms with Crippen LogP contribution < -0.4 is 15.0 Å². The van der Waals surface area contributed by atoms with Crippen LogP contribution in [0.25, 0.3) is 6.08 Å². The summed E-state index contributed by atoms with van der Waals surface area (Å²) in [5.41, 5.74) is 1.98. The van der Waals surface area contributed by atoms with E-state index in [1.165, 1.54) is 12.1 Å². The van der Waals surface area contributed by atoms with E-state index in [0.717, 1.165) is 21.8 Å². The summed E-state index contributed by atoms with van der Waals surface area (Å²) in [5.74, 6) is -0.210. The van der Waals surface area contributed by atoms with E-state index < -0.39 is 11.7 Å². The normalized spacial score (nSPS) is 17.7. The quantitative estimate of drug-likeness (QED) is 0.624. The molecule has 26 heavy (non-hydrogen) atoms. The number of carbonyl (C=O) groups excluding carboxylic acids is 1. The van der Waals surface area contributed by atoms with Crippen molar-refractivity contribution in [2.24, 2.45) is 0 Å². The summed E-state index contributed by atoms with van der Waals surface area (Å²) in [6.07, 6.45) is 3.54. The number of thiocarbonyl (C=S) groups is 1. The van der Waals surface area contributed by atoms with Gasteiger partial charge < -0.3 is 10.1 Å². The lowest BCUT2D eigenvalue weighted by molar-refractivity contribution is -0.113. The van der Waals surface area contributed by atoms with E-state index in [2.05, 4.69) is 5.32 Å². The summed E-state index contributed by atoms with van der Waals surface area (Å²) >= 11 is 11.2. The lowest BCUT2D eigenvalue weighted by atomic mass is 10.1. The van der Waals surface area contributed by atoms with E-state index in [4.69, 9.17) is 28.6 Å². The molecule has 1 amide bonds. The Labute approximate surface area is 159 Å². The van der Waals surface area contributed by atoms with Crippen molar-refractivity contribution in [3.8, 4) is 5.75 Å². The van der Waals surface area contributed by atoms with Gasteiger partial charge in [-0.15, -0.1) is 0 Å². The van der Waals surface area contributed by atoms with Crippen LogP contribution in [0.1, 0.15) is 5.56 Å². The molecule has 0 aromatic heterocycles. The lowest BCUT2D eigenvalue weighted by Crippen LogP contribution is -2.31. The van der Waals surface area contributed by atoms with Gasteiger partial charge in [0.15, 0.2) is 5.11 Å². The van der Waals surface area contributed by atoms with Gasteiger partial charge >= 0.3 is 0 Å². The van der Waals surface area contributed by atoms with Crippen LogP contribution in [0.2, 0.25) is 5.02 Å². The second kappa shape index (κ2) is 6.55. The van der Waals surface area contributed by atoms with E-state index in [-0.39, 0.29) is 16.5 Å². The van der Waals surface area contributed by atoms with Gasteiger partial charge in [0.05, 0.1) is 5.69 Å². The van der Waals surface area contributed by atoms with Crippen molar-refractivity contribution in [3.05, 3.63) is 76.2 Å². The molecule has 0 radical (unpaired) electrons. The van der Waals surface area contributed by atoms with E-state index in [1.54, 1.807) is 36.4 Å². The fourth-order valence-corrected chi connectivity index (χ4v) is 3.29. The highest BCUT2D eigenvalue weighted by Crippen LogP contribution is 2.30. The number of halogens is 2. The highest BCUT2D eigenvalue weighted by Gasteiger charge is 2.33. The van der Waals surface area contributed by atoms with Crippen molar-refractivity contribution in [1.82, 2.24) is 5.32 Å². The van der Waals surface area contributed by atoms with Crippen molar-refractivity contribution in [2.45, 2.75) is 0 Å². The summed E-state index contributed by atoms with van der Waals surface area (Å²) < 4.78 is 19.7. The molecule has 2 heterocycles. The minimum Gasteiger partial charge on any atom is -0.488 e. The fourth-order valence-electron chi connectivity index (χ4n) is 2.82. The van der Waals surface area contributed by atoms with Gasteiger partial charge in [-0.3, -0.25) is 4.79 Å². The van der Waals surface area contributed by atoms with Crippen LogP contribution >= 0.6 is 23.8 Å². The number of nitrogens with zero attached hydrogens (tertiary/aromatic N) is 1. The maximum Gasteiger partial charge on any atom is 0.281 e. The summed E-state index contributed by atoms with van der Waals surface area (Å²) in [5, 5.41) is 3.57. The third kappa shape index (κ3) is 2.98. The third-order valence-corrected chi connectivity index (χ3v) is 4.53. The molecule has 1 fully saturated rings. The van der Waals surface area contributed by atoms with Crippen molar-refractivity contribution < 1.29 is 13.9 Å². The molecular weight excluding hydrogens is 375 g/mol. The fraction of sp³-hybridized carbons (Fsp3) is 0.0526. The maximum absolute atomic E-state index is 14.0. The molecule has 130 valence electrons. The second-order valence-electron chi connectivity index (χ2n) is 5.77. The van der Waals surface area contributed by atoms with Gasteiger partial charge in [0.2, 0.25) is 0 Å². The molecule has 0 atom stereocenters. The number of rotatable bonds is 2. The van der Waals surface area contributed by atoms with Crippen LogP contribution in [0.15, 0.2) is 59.8 Å². The predicted molar refractivity (Wildman–Crippen MR) is 103 cm³/mol. The zero-order chi connectivity index (χ0) is 18.3. The standard InChI is InChI=1S/C19H12ClFN2O2S/c20-13-5-6-17-12(9-13)7-11(10-25-17)8-15-18(24)23(19(26)22-15)16-4-2-1-3-14(16)21/h1-9H,10H2,(H,22,26)/b15-8-. The molecule has 4 nitrogen and oxygen atoms in total. The smallest absolute Gasteiger partial charge is 0.281 e. The first-order valence-corrected chi connectivity index (χ1v) is 8.56. The van der Waals surface area contributed by atoms with Gasteiger partial charge in [-0.1, -0.05) is 23.7 Å². The SMILES string of the molecule is O=C1/C(=C/C2=Cc3cc(Cl)ccc3OC2)NC(=S)N1c1ccccc1F. The highest BCUT2D eigenvalue weighted by molar-refractivity contribution is 7.80. The number of benzene rings is 2. The number of amides is 1. The lowest BCUT2D eigenvalue weighted by Gasteiger charge is -2.16. The first-order valence-electron chi connectivity index (χ1n) is 7.77. The molecular formula is C19H12ClFN2O2S. The minimum atomic E-state index is -0.518. The Morgan fingerprint density at radius 3 is 2.88 bits per heavy atom. The summed E-state index contributed by atoms with van der Waals surface area (Å²) in [6, 6.07) is 11.3. The topological polar surface area (TPSA) is 41.6 Å². The predicted octanol–water partition coefficient (Wildman–Crippen LogP) is 4.06. The van der Waals surface area contributed by atoms with Gasteiger partial charge in [-0.2, -0.15) is 0 Å². The van der Waals surface area contributed by atoms with Gasteiger partial charge in [-0.25, -0.2) is 9.29 Å². The molecule has 7 heteroatoms. The van der Waals surface area contributed by atoms with E-state index in [9.17, 15) is 9.18 Å². The van der Waals surface area contributed by atoms with Gasteiger partial charge in [0.25, 0.3) is 5.91 Å². The third-order valence-electron chi connectivity index (χ3n) is 4.01. The van der Waals surface area contributed by atoms with Crippen LogP contribution in [0.5, 0.6) is 5.75 Å². The largest absolute Gasteiger partial charge is 0.488 e. The summed E-state index contributed by atoms with van der Waals surface area (Å²) in [6.45, 7) is 0.305. The molecule has 2 aromatic rings. The Morgan fingerprint density at radius 2 is 2.08 bits per heavy atom. The molecule has 1 N–H and O–H groups in total. The number of para-hydroxylation sites is 1. The number of hydrogen-bond acceptors (Lipinski definition) is 3. The van der Waals surface area contributed by atoms with Crippen LogP contribution in [0.4, 0.5) is 10.1 Å². The monoisotopic (exact) mass is 386 g/mol. The maximum atomic E-state index is 14.0. The first-order chi connectivity index (χ1) is 12.5. The van der Waals surface area contributed by atoms with Crippen LogP contribution in [-0.4, -0.2) is 17.6 Å². The molecule has 0 saturated carbocycles. The zero-order valence-corrected chi connectivity index (χ0v) is 14.9. The van der Waals surface area contributed by atoms with Gasteiger partial charge in [0.1, 0.15) is 23.9 Å². The van der Waals surface area contributed by atoms with Crippen LogP contribution in [-0.2, 0) is 4.79 Å². The van der Waals surface area contributed by atoms with E-state index in [0.29, 0.717) is 11.6 Å². The molecule has 2 aliphatic heterocycles. The highest BCUT2D eigenvalue weighted by atomic mass is 35.5. The first kappa shape index (κ1) is 16.8. The number of carbonyl (C=O) groups is 1. The number of ether oxygens (including phenoxy) is 1. The molecule has 0 aliphatic carbocycles. The van der Waals surface area contributed by atoms with Crippen molar-refractivity contribution in [1.29, 1.82) is 0 Å². The Bertz CT molecular complexity index is 1000. The Hall–Kier alpha value is -2.70. The van der Waals surface area contributed by atoms with Gasteiger partial charge in [-0.05, 0) is 60.3 Å². The summed E-state index contributed by atoms with van der Waals surface area (Å²) in [4.78, 5) is 13.8. The number of nitrogens with one attached hydrogen (secondary N) is 1. The molecule has 0 bridgehead atoms. The average Bonchev–Trinajstić information content (AvgIpc) is 2.89. The number of hydrogen-bond donors (Lipinski definition) is 1. The number of anilines is 1. The molecule has 4 rings (SSSR count). The Balaban J connectivity index is 1.66. The van der Waals surface area contributed by atoms with Crippen molar-refractivity contribution in [3.63, 3.8) is 0 Å². The number of fused-ring (bicyclic) bond motifs is 1. The molecule has 0 unspecified atom stereocenters. The second-order valence-corrected chi connectivity index (χ2v) is 6.59. The van der Waals surface area contributed by atoms with Crippen LogP contribution in [0.3, 0.4) is 0 Å². The molecule has 1 saturated heterocycles. The minimum absolute atomic E-state index is 0.115. The van der Waals surface area contributed by atoms with Crippen molar-refractivity contribution in [2.75, 3.05) is 11.5 Å². The Kier molecular flexibility index (Phi) is 4.22. The average molecular weight is 387 g/mol. The van der Waals surface area contributed by atoms with E-state index >= 15 is 0 Å². The van der Waals surface area contributed by atoms with Gasteiger partial charge in [0, 0.05) is 10.6 Å². The molecule has 2 aromatic carbocycles. The zero-order valence-electron chi connectivity index (χ0n) is 13.3. The molecule has 2 aliphatic rings. The van der Waals surface area contributed by atoms with Crippen LogP contribution in [0, 0.1) is 5.82 Å². The molecule has 0 spiro atoms. The Morgan fingerprint density at radius 1 is 1.27 bits per heavy atom. The van der Waals surface area contributed by atoms with E-state index in [1.807, 2.05) is 6.08 Å².